The molecule has 1 aromatic carbocycles. The molecule has 3 nitrogen and oxygen atoms in total. The van der Waals surface area contributed by atoms with E-state index < -0.39 is 6.09 Å². The number of anilines is 1. The van der Waals surface area contributed by atoms with Gasteiger partial charge in [0.25, 0.3) is 0 Å². The number of nitrogens with zero attached hydrogens (tertiary/aromatic N) is 1. The fourth-order valence-corrected chi connectivity index (χ4v) is 1.13. The first kappa shape index (κ1) is 9.31. The molecule has 0 saturated carbocycles. The highest BCUT2D eigenvalue weighted by atomic mass is 127. The second-order valence-corrected chi connectivity index (χ2v) is 3.55. The molecule has 12 heavy (non-hydrogen) atoms. The number of halogens is 1. The maximum atomic E-state index is 10.4. The third kappa shape index (κ3) is 2.10. The second kappa shape index (κ2) is 3.75. The van der Waals surface area contributed by atoms with Gasteiger partial charge in [-0.1, -0.05) is 0 Å². The van der Waals surface area contributed by atoms with E-state index in [2.05, 4.69) is 22.6 Å². The van der Waals surface area contributed by atoms with Gasteiger partial charge in [0.15, 0.2) is 0 Å². The van der Waals surface area contributed by atoms with Crippen molar-refractivity contribution in [2.24, 2.45) is 0 Å². The van der Waals surface area contributed by atoms with E-state index >= 15 is 0 Å². The number of amides is 1. The maximum absolute atomic E-state index is 10.4. The lowest BCUT2D eigenvalue weighted by Gasteiger charge is -2.10. The van der Waals surface area contributed by atoms with Crippen LogP contribution in [0.15, 0.2) is 24.3 Å². The smallest absolute Gasteiger partial charge is 0.278 e. The lowest BCUT2D eigenvalue weighted by atomic mass is 10.3. The van der Waals surface area contributed by atoms with Crippen LogP contribution < -0.4 is 4.90 Å². The van der Waals surface area contributed by atoms with Gasteiger partial charge in [-0.2, -0.15) is 0 Å². The largest absolute Gasteiger partial charge is 0.457 e. The lowest BCUT2D eigenvalue weighted by molar-refractivity contribution is 0.178. The quantitative estimate of drug-likeness (QED) is 0.725. The summed E-state index contributed by atoms with van der Waals surface area (Å²) in [6, 6.07) is 7.15. The Morgan fingerprint density at radius 1 is 1.33 bits per heavy atom. The average Bonchev–Trinajstić information content (AvgIpc) is 2.04. The predicted octanol–water partition coefficient (Wildman–Crippen LogP) is 2.28. The molecule has 0 saturated heterocycles. The van der Waals surface area contributed by atoms with Gasteiger partial charge in [0.1, 0.15) is 0 Å². The molecule has 0 aliphatic carbocycles. The zero-order chi connectivity index (χ0) is 9.14. The summed E-state index contributed by atoms with van der Waals surface area (Å²) < 4.78 is 1.07. The average molecular weight is 276 g/mol. The number of carbonyl (C=O) groups is 1. The molecule has 0 bridgehead atoms. The monoisotopic (exact) mass is 276 g/mol. The molecule has 1 aromatic rings. The Kier molecular flexibility index (Phi) is 2.91. The molecule has 0 N–H and O–H groups in total. The summed E-state index contributed by atoms with van der Waals surface area (Å²) in [6.07, 6.45) is -1.20. The third-order valence-electron chi connectivity index (χ3n) is 1.49. The van der Waals surface area contributed by atoms with Gasteiger partial charge in [-0.3, -0.25) is 4.90 Å². The Balaban J connectivity index is 2.89. The zero-order valence-electron chi connectivity index (χ0n) is 6.45. The van der Waals surface area contributed by atoms with Crippen LogP contribution in [0, 0.1) is 3.57 Å². The Morgan fingerprint density at radius 2 is 1.83 bits per heavy atom. The summed E-state index contributed by atoms with van der Waals surface area (Å²) in [5, 5.41) is 10.4. The van der Waals surface area contributed by atoms with Crippen molar-refractivity contribution < 1.29 is 9.90 Å². The standard InChI is InChI=1S/C8H7INO2/c1-10(8(11)12)7-4-2-6(9)3-5-7/h2-5H,1H3. The molecule has 0 fully saturated rings. The van der Waals surface area contributed by atoms with Gasteiger partial charge in [0, 0.05) is 16.3 Å². The van der Waals surface area contributed by atoms with Gasteiger partial charge in [-0.15, -0.1) is 0 Å². The maximum Gasteiger partial charge on any atom is 0.457 e. The molecule has 0 aliphatic heterocycles. The van der Waals surface area contributed by atoms with Crippen molar-refractivity contribution in [1.82, 2.24) is 0 Å². The van der Waals surface area contributed by atoms with Gasteiger partial charge in [-0.25, -0.2) is 9.90 Å². The van der Waals surface area contributed by atoms with Crippen molar-refractivity contribution in [2.75, 3.05) is 11.9 Å². The van der Waals surface area contributed by atoms with Crippen LogP contribution in [0.3, 0.4) is 0 Å². The SMILES string of the molecule is CN(C([O])=O)c1ccc(I)cc1. The molecule has 0 heterocycles. The normalized spacial score (nSPS) is 9.50. The summed E-state index contributed by atoms with van der Waals surface area (Å²) in [7, 11) is 1.46. The summed E-state index contributed by atoms with van der Waals surface area (Å²) in [5.74, 6) is 0. The highest BCUT2D eigenvalue weighted by Crippen LogP contribution is 2.14. The van der Waals surface area contributed by atoms with Crippen molar-refractivity contribution >= 4 is 34.4 Å². The highest BCUT2D eigenvalue weighted by molar-refractivity contribution is 14.1. The summed E-state index contributed by atoms with van der Waals surface area (Å²) in [5.41, 5.74) is 0.621. The minimum Gasteiger partial charge on any atom is -0.278 e. The molecule has 1 radical (unpaired) electrons. The Bertz CT molecular complexity index is 284. The van der Waals surface area contributed by atoms with Crippen LogP contribution in [0.2, 0.25) is 0 Å². The van der Waals surface area contributed by atoms with Crippen LogP contribution in [-0.2, 0) is 5.11 Å². The van der Waals surface area contributed by atoms with E-state index in [0.29, 0.717) is 5.69 Å². The number of hydrogen-bond acceptors (Lipinski definition) is 1. The molecular weight excluding hydrogens is 269 g/mol. The van der Waals surface area contributed by atoms with Crippen LogP contribution in [-0.4, -0.2) is 13.1 Å². The predicted molar refractivity (Wildman–Crippen MR) is 53.6 cm³/mol. The first-order valence-electron chi connectivity index (χ1n) is 3.31. The van der Waals surface area contributed by atoms with Crippen molar-refractivity contribution in [3.63, 3.8) is 0 Å². The van der Waals surface area contributed by atoms with E-state index in [9.17, 15) is 9.90 Å². The van der Waals surface area contributed by atoms with Gasteiger partial charge in [0.2, 0.25) is 0 Å². The van der Waals surface area contributed by atoms with Gasteiger partial charge < -0.3 is 0 Å². The number of benzene rings is 1. The molecular formula is C8H7INO2. The van der Waals surface area contributed by atoms with Crippen molar-refractivity contribution in [1.29, 1.82) is 0 Å². The Hall–Kier alpha value is -0.780. The zero-order valence-corrected chi connectivity index (χ0v) is 8.61. The van der Waals surface area contributed by atoms with Crippen molar-refractivity contribution in [2.45, 2.75) is 0 Å². The summed E-state index contributed by atoms with van der Waals surface area (Å²) in [6.45, 7) is 0. The second-order valence-electron chi connectivity index (χ2n) is 2.30. The number of carbonyl (C=O) groups excluding carboxylic acids is 1. The van der Waals surface area contributed by atoms with Crippen LogP contribution in [0.25, 0.3) is 0 Å². The molecule has 0 spiro atoms. The molecule has 0 aromatic heterocycles. The Morgan fingerprint density at radius 3 is 2.25 bits per heavy atom. The van der Waals surface area contributed by atoms with Gasteiger partial charge in [-0.05, 0) is 46.9 Å². The van der Waals surface area contributed by atoms with E-state index in [4.69, 9.17) is 0 Å². The minimum absolute atomic E-state index is 0.621. The van der Waals surface area contributed by atoms with Crippen LogP contribution in [0.1, 0.15) is 0 Å². The van der Waals surface area contributed by atoms with Crippen molar-refractivity contribution in [3.8, 4) is 0 Å². The lowest BCUT2D eigenvalue weighted by Crippen LogP contribution is -2.22. The number of rotatable bonds is 1. The first-order valence-corrected chi connectivity index (χ1v) is 4.39. The van der Waals surface area contributed by atoms with E-state index in [-0.39, 0.29) is 0 Å². The molecule has 1 rings (SSSR count). The number of hydrogen-bond donors (Lipinski definition) is 0. The summed E-state index contributed by atoms with van der Waals surface area (Å²) in [4.78, 5) is 11.5. The van der Waals surface area contributed by atoms with E-state index in [0.717, 1.165) is 8.47 Å². The molecule has 0 atom stereocenters. The molecule has 1 amide bonds. The van der Waals surface area contributed by atoms with Crippen LogP contribution in [0.5, 0.6) is 0 Å². The van der Waals surface area contributed by atoms with Gasteiger partial charge in [0.05, 0.1) is 0 Å². The summed E-state index contributed by atoms with van der Waals surface area (Å²) >= 11 is 2.16. The Labute approximate surface area is 84.1 Å². The minimum atomic E-state index is -1.20. The van der Waals surface area contributed by atoms with E-state index in [1.807, 2.05) is 12.1 Å². The highest BCUT2D eigenvalue weighted by Gasteiger charge is 2.08. The fourth-order valence-electron chi connectivity index (χ4n) is 0.770. The fraction of sp³-hybridized carbons (Fsp3) is 0.125. The molecule has 0 unspecified atom stereocenters. The van der Waals surface area contributed by atoms with Gasteiger partial charge >= 0.3 is 6.09 Å². The van der Waals surface area contributed by atoms with E-state index in [1.54, 1.807) is 12.1 Å². The first-order chi connectivity index (χ1) is 5.61. The molecule has 0 aliphatic rings. The van der Waals surface area contributed by atoms with Crippen molar-refractivity contribution in [3.05, 3.63) is 27.8 Å². The molecule has 63 valence electrons. The topological polar surface area (TPSA) is 40.2 Å². The van der Waals surface area contributed by atoms with Crippen LogP contribution in [0.4, 0.5) is 10.5 Å². The van der Waals surface area contributed by atoms with E-state index in [1.165, 1.54) is 7.05 Å². The van der Waals surface area contributed by atoms with Crippen LogP contribution >= 0.6 is 22.6 Å². The molecule has 4 heteroatoms. The third-order valence-corrected chi connectivity index (χ3v) is 2.21.